The molecule has 2 N–H and O–H groups in total. The lowest BCUT2D eigenvalue weighted by atomic mass is 9.94. The highest BCUT2D eigenvalue weighted by Crippen LogP contribution is 2.25. The van der Waals surface area contributed by atoms with Crippen molar-refractivity contribution in [3.05, 3.63) is 53.7 Å². The van der Waals surface area contributed by atoms with Gasteiger partial charge in [-0.2, -0.15) is 5.26 Å². The smallest absolute Gasteiger partial charge is 0.225 e. The molecule has 7 heteroatoms. The number of nitriles is 1. The Balaban J connectivity index is 1.20. The van der Waals surface area contributed by atoms with Crippen molar-refractivity contribution in [1.29, 1.82) is 5.26 Å². The maximum Gasteiger partial charge on any atom is 0.225 e. The van der Waals surface area contributed by atoms with Gasteiger partial charge in [-0.1, -0.05) is 0 Å². The second-order valence-electron chi connectivity index (χ2n) is 8.42. The van der Waals surface area contributed by atoms with Gasteiger partial charge < -0.3 is 15.4 Å². The van der Waals surface area contributed by atoms with Gasteiger partial charge >= 0.3 is 0 Å². The number of hydrogen-bond acceptors (Lipinski definition) is 6. The van der Waals surface area contributed by atoms with Crippen LogP contribution in [0.25, 0.3) is 0 Å². The number of amides is 1. The Morgan fingerprint density at radius 1 is 1.10 bits per heavy atom. The summed E-state index contributed by atoms with van der Waals surface area (Å²) < 4.78 is 6.04. The number of nitrogens with zero attached hydrogens (tertiary/aromatic N) is 4. The van der Waals surface area contributed by atoms with Crippen LogP contribution in [0.15, 0.2) is 42.6 Å². The maximum atomic E-state index is 13.0. The van der Waals surface area contributed by atoms with E-state index in [1.54, 1.807) is 18.3 Å². The highest BCUT2D eigenvalue weighted by Gasteiger charge is 2.31. The summed E-state index contributed by atoms with van der Waals surface area (Å²) >= 11 is 0. The van der Waals surface area contributed by atoms with Crippen LogP contribution >= 0.6 is 0 Å². The van der Waals surface area contributed by atoms with Gasteiger partial charge in [0.15, 0.2) is 0 Å². The molecular formula is C24H29N5O2. The molecule has 2 aliphatic rings. The monoisotopic (exact) mass is 419 g/mol. The van der Waals surface area contributed by atoms with Gasteiger partial charge in [-0.15, -0.1) is 0 Å². The number of benzene rings is 1. The van der Waals surface area contributed by atoms with Gasteiger partial charge in [0.1, 0.15) is 17.7 Å². The Kier molecular flexibility index (Phi) is 6.68. The number of carbonyl (C=O) groups is 1. The SMILES string of the molecule is N#Cc1ccc(OC2CCN(C(=O)C3CCN(Cc4ccnc(N)c4)CC3)CC2)cc1. The maximum absolute atomic E-state index is 13.0. The summed E-state index contributed by atoms with van der Waals surface area (Å²) in [5.41, 5.74) is 7.57. The van der Waals surface area contributed by atoms with E-state index in [1.807, 2.05) is 29.2 Å². The molecule has 1 aromatic heterocycles. The van der Waals surface area contributed by atoms with Gasteiger partial charge in [0.25, 0.3) is 0 Å². The highest BCUT2D eigenvalue weighted by molar-refractivity contribution is 5.79. The lowest BCUT2D eigenvalue weighted by Crippen LogP contribution is -2.46. The zero-order valence-electron chi connectivity index (χ0n) is 17.7. The average Bonchev–Trinajstić information content (AvgIpc) is 2.80. The van der Waals surface area contributed by atoms with Gasteiger partial charge in [0, 0.05) is 44.6 Å². The van der Waals surface area contributed by atoms with Crippen LogP contribution in [0.2, 0.25) is 0 Å². The van der Waals surface area contributed by atoms with Crippen LogP contribution in [-0.2, 0) is 11.3 Å². The predicted molar refractivity (Wildman–Crippen MR) is 118 cm³/mol. The van der Waals surface area contributed by atoms with Crippen LogP contribution in [0, 0.1) is 17.2 Å². The summed E-state index contributed by atoms with van der Waals surface area (Å²) in [5.74, 6) is 1.75. The minimum atomic E-state index is 0.117. The summed E-state index contributed by atoms with van der Waals surface area (Å²) in [6.07, 6.45) is 5.35. The molecule has 0 atom stereocenters. The molecule has 1 aromatic carbocycles. The fourth-order valence-electron chi connectivity index (χ4n) is 4.44. The molecule has 3 heterocycles. The summed E-state index contributed by atoms with van der Waals surface area (Å²) in [4.78, 5) is 21.5. The molecule has 162 valence electrons. The molecule has 0 bridgehead atoms. The molecule has 0 radical (unpaired) electrons. The van der Waals surface area contributed by atoms with Crippen LogP contribution in [0.4, 0.5) is 5.82 Å². The molecule has 31 heavy (non-hydrogen) atoms. The minimum Gasteiger partial charge on any atom is -0.490 e. The zero-order valence-corrected chi connectivity index (χ0v) is 17.7. The van der Waals surface area contributed by atoms with Crippen molar-refractivity contribution in [2.24, 2.45) is 5.92 Å². The number of anilines is 1. The van der Waals surface area contributed by atoms with Crippen LogP contribution in [-0.4, -0.2) is 53.0 Å². The first-order valence-corrected chi connectivity index (χ1v) is 11.0. The second-order valence-corrected chi connectivity index (χ2v) is 8.42. The normalized spacial score (nSPS) is 18.5. The quantitative estimate of drug-likeness (QED) is 0.801. The second kappa shape index (κ2) is 9.80. The van der Waals surface area contributed by atoms with Crippen molar-refractivity contribution >= 4 is 11.7 Å². The molecule has 1 amide bonds. The predicted octanol–water partition coefficient (Wildman–Crippen LogP) is 2.82. The van der Waals surface area contributed by atoms with Crippen molar-refractivity contribution in [3.63, 3.8) is 0 Å². The highest BCUT2D eigenvalue weighted by atomic mass is 16.5. The molecule has 2 fully saturated rings. The summed E-state index contributed by atoms with van der Waals surface area (Å²) in [6, 6.07) is 13.2. The third-order valence-corrected chi connectivity index (χ3v) is 6.23. The third-order valence-electron chi connectivity index (χ3n) is 6.23. The van der Waals surface area contributed by atoms with Crippen molar-refractivity contribution in [1.82, 2.24) is 14.8 Å². The number of pyridine rings is 1. The van der Waals surface area contributed by atoms with Crippen LogP contribution < -0.4 is 10.5 Å². The summed E-state index contributed by atoms with van der Waals surface area (Å²) in [7, 11) is 0. The molecule has 0 aliphatic carbocycles. The fraction of sp³-hybridized carbons (Fsp3) is 0.458. The number of hydrogen-bond donors (Lipinski definition) is 1. The lowest BCUT2D eigenvalue weighted by molar-refractivity contribution is -0.139. The Bertz CT molecular complexity index is 924. The van der Waals surface area contributed by atoms with Crippen LogP contribution in [0.5, 0.6) is 5.75 Å². The summed E-state index contributed by atoms with van der Waals surface area (Å²) in [5, 5.41) is 8.89. The van der Waals surface area contributed by atoms with E-state index in [0.717, 1.165) is 64.2 Å². The average molecular weight is 420 g/mol. The molecule has 0 unspecified atom stereocenters. The molecule has 2 aromatic rings. The first-order valence-electron chi connectivity index (χ1n) is 11.0. The van der Waals surface area contributed by atoms with E-state index in [1.165, 1.54) is 5.56 Å². The molecule has 2 aliphatic heterocycles. The molecular weight excluding hydrogens is 390 g/mol. The van der Waals surface area contributed by atoms with Crippen molar-refractivity contribution in [2.75, 3.05) is 31.9 Å². The van der Waals surface area contributed by atoms with E-state index in [2.05, 4.69) is 16.0 Å². The standard InChI is InChI=1S/C24H29N5O2/c25-16-18-1-3-21(4-2-18)31-22-8-13-29(14-9-22)24(30)20-6-11-28(12-7-20)17-19-5-10-27-23(26)15-19/h1-5,10,15,20,22H,6-9,11-14,17H2,(H2,26,27). The zero-order chi connectivity index (χ0) is 21.6. The van der Waals surface area contributed by atoms with Gasteiger partial charge in [-0.05, 0) is 67.9 Å². The van der Waals surface area contributed by atoms with Gasteiger partial charge in [0.2, 0.25) is 5.91 Å². The Morgan fingerprint density at radius 2 is 1.81 bits per heavy atom. The van der Waals surface area contributed by atoms with E-state index < -0.39 is 0 Å². The number of carbonyl (C=O) groups excluding carboxylic acids is 1. The van der Waals surface area contributed by atoms with Gasteiger partial charge in [-0.25, -0.2) is 4.98 Å². The first kappa shape index (κ1) is 21.1. The van der Waals surface area contributed by atoms with E-state index in [4.69, 9.17) is 15.7 Å². The van der Waals surface area contributed by atoms with Crippen LogP contribution in [0.3, 0.4) is 0 Å². The lowest BCUT2D eigenvalue weighted by Gasteiger charge is -2.37. The van der Waals surface area contributed by atoms with Crippen molar-refractivity contribution < 1.29 is 9.53 Å². The number of likely N-dealkylation sites (tertiary alicyclic amines) is 2. The van der Waals surface area contributed by atoms with Gasteiger partial charge in [0.05, 0.1) is 11.6 Å². The molecule has 0 saturated carbocycles. The van der Waals surface area contributed by atoms with Crippen molar-refractivity contribution in [3.8, 4) is 11.8 Å². The molecule has 0 spiro atoms. The Labute approximate surface area is 183 Å². The molecule has 2 saturated heterocycles. The number of rotatable bonds is 5. The summed E-state index contributed by atoms with van der Waals surface area (Å²) in [6.45, 7) is 4.20. The number of ether oxygens (including phenoxy) is 1. The fourth-order valence-corrected chi connectivity index (χ4v) is 4.44. The van der Waals surface area contributed by atoms with Crippen LogP contribution in [0.1, 0.15) is 36.8 Å². The molecule has 7 nitrogen and oxygen atoms in total. The number of nitrogen functional groups attached to an aromatic ring is 1. The van der Waals surface area contributed by atoms with Gasteiger partial charge in [-0.3, -0.25) is 9.69 Å². The number of aromatic nitrogens is 1. The topological polar surface area (TPSA) is 95.5 Å². The van der Waals surface area contributed by atoms with E-state index in [9.17, 15) is 4.79 Å². The Morgan fingerprint density at radius 3 is 2.45 bits per heavy atom. The number of nitrogens with two attached hydrogens (primary N) is 1. The van der Waals surface area contributed by atoms with E-state index in [0.29, 0.717) is 17.3 Å². The van der Waals surface area contributed by atoms with E-state index in [-0.39, 0.29) is 12.0 Å². The largest absolute Gasteiger partial charge is 0.490 e. The van der Waals surface area contributed by atoms with E-state index >= 15 is 0 Å². The van der Waals surface area contributed by atoms with Crippen molar-refractivity contribution in [2.45, 2.75) is 38.3 Å². The Hall–Kier alpha value is -3.11. The molecule has 4 rings (SSSR count). The first-order chi connectivity index (χ1) is 15.1. The number of piperidine rings is 2. The third kappa shape index (κ3) is 5.53. The minimum absolute atomic E-state index is 0.117.